The molecule has 108 valence electrons. The molecule has 0 bridgehead atoms. The minimum absolute atomic E-state index is 0.0895. The van der Waals surface area contributed by atoms with Crippen molar-refractivity contribution >= 4 is 17.7 Å². The van der Waals surface area contributed by atoms with Crippen molar-refractivity contribution in [3.8, 4) is 0 Å². The van der Waals surface area contributed by atoms with Crippen LogP contribution in [0, 0.1) is 13.8 Å². The molecule has 0 aliphatic carbocycles. The average Bonchev–Trinajstić information content (AvgIpc) is 2.36. The number of benzene rings is 1. The second-order valence-corrected chi connectivity index (χ2v) is 5.13. The first kappa shape index (κ1) is 14.4. The number of rotatable bonds is 4. The summed E-state index contributed by atoms with van der Waals surface area (Å²) in [7, 11) is 0. The van der Waals surface area contributed by atoms with Crippen molar-refractivity contribution in [3.63, 3.8) is 0 Å². The van der Waals surface area contributed by atoms with E-state index in [0.717, 1.165) is 23.2 Å². The van der Waals surface area contributed by atoms with Gasteiger partial charge in [0.05, 0.1) is 6.61 Å². The van der Waals surface area contributed by atoms with Gasteiger partial charge in [-0.3, -0.25) is 4.79 Å². The number of ether oxygens (including phenoxy) is 1. The van der Waals surface area contributed by atoms with Crippen LogP contribution in [0.4, 0.5) is 10.5 Å². The van der Waals surface area contributed by atoms with Crippen molar-refractivity contribution in [1.29, 1.82) is 0 Å². The number of aryl methyl sites for hydroxylation is 2. The van der Waals surface area contributed by atoms with Crippen LogP contribution in [0.5, 0.6) is 0 Å². The molecule has 0 aromatic heterocycles. The highest BCUT2D eigenvalue weighted by molar-refractivity contribution is 5.91. The average molecular weight is 276 g/mol. The summed E-state index contributed by atoms with van der Waals surface area (Å²) < 4.78 is 4.93. The Kier molecular flexibility index (Phi) is 4.61. The predicted molar refractivity (Wildman–Crippen MR) is 76.7 cm³/mol. The van der Waals surface area contributed by atoms with E-state index in [1.54, 1.807) is 4.90 Å². The van der Waals surface area contributed by atoms with Crippen LogP contribution in [0.25, 0.3) is 0 Å². The van der Waals surface area contributed by atoms with Gasteiger partial charge in [-0.05, 0) is 43.5 Å². The van der Waals surface area contributed by atoms with Gasteiger partial charge in [-0.25, -0.2) is 4.79 Å². The molecule has 2 rings (SSSR count). The fourth-order valence-electron chi connectivity index (χ4n) is 2.31. The summed E-state index contributed by atoms with van der Waals surface area (Å²) in [6, 6.07) is 5.92. The SMILES string of the molecule is Cc1cc(C)cc(NC(=O)CCN2CCCOC2=O)c1. The Balaban J connectivity index is 1.84. The summed E-state index contributed by atoms with van der Waals surface area (Å²) in [4.78, 5) is 24.9. The Morgan fingerprint density at radius 2 is 2.00 bits per heavy atom. The Morgan fingerprint density at radius 1 is 1.30 bits per heavy atom. The van der Waals surface area contributed by atoms with E-state index in [4.69, 9.17) is 4.74 Å². The van der Waals surface area contributed by atoms with E-state index >= 15 is 0 Å². The molecule has 5 heteroatoms. The zero-order valence-corrected chi connectivity index (χ0v) is 11.9. The van der Waals surface area contributed by atoms with E-state index in [2.05, 4.69) is 11.4 Å². The highest BCUT2D eigenvalue weighted by Gasteiger charge is 2.19. The Labute approximate surface area is 118 Å². The molecule has 1 aliphatic heterocycles. The second kappa shape index (κ2) is 6.41. The lowest BCUT2D eigenvalue weighted by molar-refractivity contribution is -0.116. The van der Waals surface area contributed by atoms with Gasteiger partial charge in [-0.1, -0.05) is 6.07 Å². The van der Waals surface area contributed by atoms with E-state index < -0.39 is 0 Å². The first-order valence-corrected chi connectivity index (χ1v) is 6.84. The van der Waals surface area contributed by atoms with Crippen LogP contribution in [0.1, 0.15) is 24.0 Å². The van der Waals surface area contributed by atoms with E-state index in [1.807, 2.05) is 26.0 Å². The second-order valence-electron chi connectivity index (χ2n) is 5.13. The smallest absolute Gasteiger partial charge is 0.409 e. The molecule has 1 aliphatic rings. The maximum absolute atomic E-state index is 11.9. The first-order chi connectivity index (χ1) is 9.54. The molecule has 1 fully saturated rings. The van der Waals surface area contributed by atoms with Gasteiger partial charge < -0.3 is 15.0 Å². The van der Waals surface area contributed by atoms with Crippen LogP contribution < -0.4 is 5.32 Å². The summed E-state index contributed by atoms with van der Waals surface area (Å²) in [5, 5.41) is 2.86. The van der Waals surface area contributed by atoms with Gasteiger partial charge in [0.15, 0.2) is 0 Å². The van der Waals surface area contributed by atoms with E-state index in [9.17, 15) is 9.59 Å². The molecule has 1 saturated heterocycles. The fourth-order valence-corrected chi connectivity index (χ4v) is 2.31. The van der Waals surface area contributed by atoms with E-state index in [-0.39, 0.29) is 18.4 Å². The van der Waals surface area contributed by atoms with Crippen molar-refractivity contribution in [2.45, 2.75) is 26.7 Å². The molecule has 0 spiro atoms. The van der Waals surface area contributed by atoms with E-state index in [0.29, 0.717) is 19.7 Å². The van der Waals surface area contributed by atoms with Crippen molar-refractivity contribution in [2.75, 3.05) is 25.0 Å². The number of nitrogens with zero attached hydrogens (tertiary/aromatic N) is 1. The molecule has 5 nitrogen and oxygen atoms in total. The molecule has 2 amide bonds. The third-order valence-electron chi connectivity index (χ3n) is 3.17. The summed E-state index contributed by atoms with van der Waals surface area (Å²) in [6.07, 6.45) is 0.780. The maximum Gasteiger partial charge on any atom is 0.409 e. The van der Waals surface area contributed by atoms with Gasteiger partial charge in [0.2, 0.25) is 5.91 Å². The summed E-state index contributed by atoms with van der Waals surface area (Å²) >= 11 is 0. The highest BCUT2D eigenvalue weighted by Crippen LogP contribution is 2.14. The molecule has 1 aromatic rings. The van der Waals surface area contributed by atoms with Gasteiger partial charge in [0.25, 0.3) is 0 Å². The lowest BCUT2D eigenvalue weighted by Gasteiger charge is -2.25. The third-order valence-corrected chi connectivity index (χ3v) is 3.17. The number of carbonyl (C=O) groups excluding carboxylic acids is 2. The van der Waals surface area contributed by atoms with Gasteiger partial charge in [0, 0.05) is 25.2 Å². The van der Waals surface area contributed by atoms with Gasteiger partial charge >= 0.3 is 6.09 Å². The van der Waals surface area contributed by atoms with Gasteiger partial charge in [-0.2, -0.15) is 0 Å². The summed E-state index contributed by atoms with van der Waals surface area (Å²) in [6.45, 7) is 5.52. The molecule has 0 saturated carbocycles. The number of hydrogen-bond acceptors (Lipinski definition) is 3. The fraction of sp³-hybridized carbons (Fsp3) is 0.467. The normalized spacial score (nSPS) is 14.9. The number of nitrogens with one attached hydrogen (secondary N) is 1. The number of cyclic esters (lactones) is 1. The van der Waals surface area contributed by atoms with E-state index in [1.165, 1.54) is 0 Å². The quantitative estimate of drug-likeness (QED) is 0.919. The molecule has 0 atom stereocenters. The summed E-state index contributed by atoms with van der Waals surface area (Å²) in [5.74, 6) is -0.0895. The molecule has 1 N–H and O–H groups in total. The minimum atomic E-state index is -0.324. The Morgan fingerprint density at radius 3 is 2.65 bits per heavy atom. The Bertz CT molecular complexity index is 494. The van der Waals surface area contributed by atoms with Crippen LogP contribution in [0.15, 0.2) is 18.2 Å². The van der Waals surface area contributed by atoms with Crippen molar-refractivity contribution in [3.05, 3.63) is 29.3 Å². The predicted octanol–water partition coefficient (Wildman–Crippen LogP) is 2.47. The molecule has 0 radical (unpaired) electrons. The number of amides is 2. The minimum Gasteiger partial charge on any atom is -0.449 e. The van der Waals surface area contributed by atoms with Crippen LogP contribution in [-0.2, 0) is 9.53 Å². The van der Waals surface area contributed by atoms with Gasteiger partial charge in [0.1, 0.15) is 0 Å². The molecular weight excluding hydrogens is 256 g/mol. The molecule has 0 unspecified atom stereocenters. The van der Waals surface area contributed by atoms with Crippen LogP contribution in [0.3, 0.4) is 0 Å². The summed E-state index contributed by atoms with van der Waals surface area (Å²) in [5.41, 5.74) is 3.02. The standard InChI is InChI=1S/C15H20N2O3/c1-11-8-12(2)10-13(9-11)16-14(18)4-6-17-5-3-7-20-15(17)19/h8-10H,3-7H2,1-2H3,(H,16,18). The highest BCUT2D eigenvalue weighted by atomic mass is 16.6. The number of anilines is 1. The zero-order chi connectivity index (χ0) is 14.5. The maximum atomic E-state index is 11.9. The molecule has 1 heterocycles. The first-order valence-electron chi connectivity index (χ1n) is 6.84. The molecule has 20 heavy (non-hydrogen) atoms. The van der Waals surface area contributed by atoms with Crippen molar-refractivity contribution < 1.29 is 14.3 Å². The number of hydrogen-bond donors (Lipinski definition) is 1. The van der Waals surface area contributed by atoms with Gasteiger partial charge in [-0.15, -0.1) is 0 Å². The van der Waals surface area contributed by atoms with Crippen LogP contribution in [0.2, 0.25) is 0 Å². The number of carbonyl (C=O) groups is 2. The lowest BCUT2D eigenvalue weighted by atomic mass is 10.1. The Hall–Kier alpha value is -2.04. The van der Waals surface area contributed by atoms with Crippen LogP contribution in [-0.4, -0.2) is 36.6 Å². The molecular formula is C15H20N2O3. The third kappa shape index (κ3) is 3.98. The van der Waals surface area contributed by atoms with Crippen LogP contribution >= 0.6 is 0 Å². The van der Waals surface area contributed by atoms with Crippen molar-refractivity contribution in [2.24, 2.45) is 0 Å². The zero-order valence-electron chi connectivity index (χ0n) is 11.9. The molecule has 1 aromatic carbocycles. The van der Waals surface area contributed by atoms with Crippen molar-refractivity contribution in [1.82, 2.24) is 4.90 Å². The lowest BCUT2D eigenvalue weighted by Crippen LogP contribution is -2.39. The topological polar surface area (TPSA) is 58.6 Å². The monoisotopic (exact) mass is 276 g/mol. The largest absolute Gasteiger partial charge is 0.449 e.